The Morgan fingerprint density at radius 3 is 1.92 bits per heavy atom. The number of benzene rings is 2. The Kier molecular flexibility index (Phi) is 9.85. The minimum absolute atomic E-state index is 0.779. The van der Waals surface area contributed by atoms with Crippen LogP contribution in [0.4, 0.5) is 11.4 Å². The molecule has 26 heavy (non-hydrogen) atoms. The summed E-state index contributed by atoms with van der Waals surface area (Å²) in [5.74, 6) is 0.896. The highest BCUT2D eigenvalue weighted by Crippen LogP contribution is 2.21. The van der Waals surface area contributed by atoms with E-state index >= 15 is 0 Å². The third kappa shape index (κ3) is 8.61. The van der Waals surface area contributed by atoms with Crippen molar-refractivity contribution >= 4 is 11.4 Å². The molecule has 0 saturated heterocycles. The van der Waals surface area contributed by atoms with Crippen LogP contribution in [-0.2, 0) is 0 Å². The molecule has 0 aliphatic carbocycles. The van der Waals surface area contributed by atoms with E-state index in [-0.39, 0.29) is 0 Å². The summed E-state index contributed by atoms with van der Waals surface area (Å²) in [7, 11) is 0. The molecule has 0 atom stereocenters. The predicted octanol–water partition coefficient (Wildman–Crippen LogP) is 7.79. The van der Waals surface area contributed by atoms with Crippen LogP contribution in [0.25, 0.3) is 0 Å². The summed E-state index contributed by atoms with van der Waals surface area (Å²) in [6.07, 6.45) is 12.1. The van der Waals surface area contributed by atoms with Gasteiger partial charge in [0.1, 0.15) is 5.75 Å². The maximum absolute atomic E-state index is 5.80. The average Bonchev–Trinajstić information content (AvgIpc) is 2.69. The van der Waals surface area contributed by atoms with E-state index in [1.54, 1.807) is 0 Å². The third-order valence-electron chi connectivity index (χ3n) is 4.20. The third-order valence-corrected chi connectivity index (χ3v) is 4.20. The predicted molar refractivity (Wildman–Crippen MR) is 110 cm³/mol. The van der Waals surface area contributed by atoms with Crippen molar-refractivity contribution in [3.63, 3.8) is 0 Å². The molecule has 2 aromatic carbocycles. The van der Waals surface area contributed by atoms with Crippen LogP contribution in [0.1, 0.15) is 51.4 Å². The number of unbranched alkanes of at least 4 members (excludes halogenated alkanes) is 7. The van der Waals surface area contributed by atoms with E-state index in [9.17, 15) is 0 Å². The van der Waals surface area contributed by atoms with E-state index in [0.717, 1.165) is 36.6 Å². The molecular weight excluding hydrogens is 320 g/mol. The fourth-order valence-corrected chi connectivity index (χ4v) is 2.68. The molecule has 0 fully saturated rings. The molecule has 0 aromatic heterocycles. The molecule has 0 spiro atoms. The molecule has 0 amide bonds. The van der Waals surface area contributed by atoms with Gasteiger partial charge >= 0.3 is 0 Å². The normalized spacial score (nSPS) is 10.9. The van der Waals surface area contributed by atoms with E-state index in [0.29, 0.717) is 0 Å². The Balaban J connectivity index is 1.56. The quantitative estimate of drug-likeness (QED) is 0.206. The van der Waals surface area contributed by atoms with Gasteiger partial charge in [-0.2, -0.15) is 10.2 Å². The molecular formula is C23H30N2O. The van der Waals surface area contributed by atoms with Gasteiger partial charge in [0.05, 0.1) is 18.0 Å². The number of hydrogen-bond acceptors (Lipinski definition) is 3. The van der Waals surface area contributed by atoms with Crippen molar-refractivity contribution in [1.29, 1.82) is 0 Å². The second-order valence-corrected chi connectivity index (χ2v) is 6.43. The highest BCUT2D eigenvalue weighted by atomic mass is 16.5. The topological polar surface area (TPSA) is 34.0 Å². The Morgan fingerprint density at radius 1 is 0.692 bits per heavy atom. The number of allylic oxidation sites excluding steroid dienone is 1. The van der Waals surface area contributed by atoms with Crippen molar-refractivity contribution in [2.24, 2.45) is 10.2 Å². The molecule has 0 saturated carbocycles. The van der Waals surface area contributed by atoms with Crippen LogP contribution in [0, 0.1) is 0 Å². The number of azo groups is 1. The highest BCUT2D eigenvalue weighted by molar-refractivity contribution is 5.42. The number of nitrogens with zero attached hydrogens (tertiary/aromatic N) is 2. The molecule has 0 N–H and O–H groups in total. The maximum atomic E-state index is 5.80. The van der Waals surface area contributed by atoms with Crippen LogP contribution in [0.3, 0.4) is 0 Å². The average molecular weight is 351 g/mol. The van der Waals surface area contributed by atoms with E-state index in [2.05, 4.69) is 16.8 Å². The SMILES string of the molecule is C=CCCCCCCCCCOc1ccc(/N=N/c2ccccc2)cc1. The standard InChI is InChI=1S/C23H30N2O/c1-2-3-4-5-6-7-8-9-13-20-26-23-18-16-22(17-19-23)25-24-21-14-11-10-12-15-21/h2,10-12,14-19H,1,3-9,13,20H2/b25-24+. The van der Waals surface area contributed by atoms with Crippen molar-refractivity contribution < 1.29 is 4.74 Å². The van der Waals surface area contributed by atoms with Crippen molar-refractivity contribution in [2.45, 2.75) is 51.4 Å². The highest BCUT2D eigenvalue weighted by Gasteiger charge is 1.96. The summed E-state index contributed by atoms with van der Waals surface area (Å²) in [4.78, 5) is 0. The summed E-state index contributed by atoms with van der Waals surface area (Å²) in [6, 6.07) is 17.5. The first-order valence-electron chi connectivity index (χ1n) is 9.69. The van der Waals surface area contributed by atoms with Crippen molar-refractivity contribution in [3.05, 3.63) is 67.3 Å². The zero-order valence-corrected chi connectivity index (χ0v) is 15.6. The lowest BCUT2D eigenvalue weighted by atomic mass is 10.1. The second kappa shape index (κ2) is 12.9. The molecule has 0 aliphatic rings. The molecule has 3 nitrogen and oxygen atoms in total. The largest absolute Gasteiger partial charge is 0.494 e. The van der Waals surface area contributed by atoms with Crippen molar-refractivity contribution in [1.82, 2.24) is 0 Å². The van der Waals surface area contributed by atoms with E-state index in [1.165, 1.54) is 38.5 Å². The molecule has 3 heteroatoms. The summed E-state index contributed by atoms with van der Waals surface area (Å²) in [6.45, 7) is 4.54. The first kappa shape index (κ1) is 19.9. The van der Waals surface area contributed by atoms with E-state index in [1.807, 2.05) is 60.7 Å². The van der Waals surface area contributed by atoms with E-state index in [4.69, 9.17) is 4.74 Å². The van der Waals surface area contributed by atoms with Gasteiger partial charge in [-0.3, -0.25) is 0 Å². The molecule has 0 heterocycles. The fourth-order valence-electron chi connectivity index (χ4n) is 2.68. The lowest BCUT2D eigenvalue weighted by Crippen LogP contribution is -1.96. The number of ether oxygens (including phenoxy) is 1. The van der Waals surface area contributed by atoms with E-state index < -0.39 is 0 Å². The van der Waals surface area contributed by atoms with Gasteiger partial charge in [0.25, 0.3) is 0 Å². The molecule has 0 bridgehead atoms. The zero-order valence-electron chi connectivity index (χ0n) is 15.6. The Labute approximate surface area is 157 Å². The lowest BCUT2D eigenvalue weighted by Gasteiger charge is -2.06. The van der Waals surface area contributed by atoms with Crippen molar-refractivity contribution in [2.75, 3.05) is 6.61 Å². The monoisotopic (exact) mass is 350 g/mol. The second-order valence-electron chi connectivity index (χ2n) is 6.43. The van der Waals surface area contributed by atoms with Gasteiger partial charge in [-0.15, -0.1) is 6.58 Å². The molecule has 0 radical (unpaired) electrons. The minimum Gasteiger partial charge on any atom is -0.494 e. The van der Waals surface area contributed by atoms with Crippen molar-refractivity contribution in [3.8, 4) is 5.75 Å². The van der Waals surface area contributed by atoms with Crippen LogP contribution in [0.15, 0.2) is 77.5 Å². The van der Waals surface area contributed by atoms with Gasteiger partial charge < -0.3 is 4.74 Å². The Bertz CT molecular complexity index is 635. The lowest BCUT2D eigenvalue weighted by molar-refractivity contribution is 0.304. The van der Waals surface area contributed by atoms with Gasteiger partial charge in [-0.1, -0.05) is 56.4 Å². The maximum Gasteiger partial charge on any atom is 0.119 e. The molecule has 2 aromatic rings. The van der Waals surface area contributed by atoms with Crippen LogP contribution in [0.2, 0.25) is 0 Å². The van der Waals surface area contributed by atoms with Gasteiger partial charge in [0.15, 0.2) is 0 Å². The van der Waals surface area contributed by atoms with Crippen LogP contribution < -0.4 is 4.74 Å². The molecule has 138 valence electrons. The zero-order chi connectivity index (χ0) is 18.3. The number of rotatable bonds is 13. The smallest absolute Gasteiger partial charge is 0.119 e. The Morgan fingerprint density at radius 2 is 1.27 bits per heavy atom. The molecule has 0 aliphatic heterocycles. The first-order chi connectivity index (χ1) is 12.9. The first-order valence-corrected chi connectivity index (χ1v) is 9.69. The van der Waals surface area contributed by atoms with Crippen LogP contribution in [-0.4, -0.2) is 6.61 Å². The molecule has 0 unspecified atom stereocenters. The van der Waals surface area contributed by atoms with Gasteiger partial charge in [-0.05, 0) is 55.7 Å². The Hall–Kier alpha value is -2.42. The summed E-state index contributed by atoms with van der Waals surface area (Å²) in [5.41, 5.74) is 1.69. The van der Waals surface area contributed by atoms with Crippen LogP contribution >= 0.6 is 0 Å². The summed E-state index contributed by atoms with van der Waals surface area (Å²) in [5, 5.41) is 8.45. The minimum atomic E-state index is 0.779. The number of hydrogen-bond donors (Lipinski definition) is 0. The fraction of sp³-hybridized carbons (Fsp3) is 0.391. The van der Waals surface area contributed by atoms with Crippen LogP contribution in [0.5, 0.6) is 5.75 Å². The van der Waals surface area contributed by atoms with Gasteiger partial charge in [0, 0.05) is 0 Å². The molecule has 2 rings (SSSR count). The summed E-state index contributed by atoms with van der Waals surface area (Å²) < 4.78 is 5.80. The van der Waals surface area contributed by atoms with Gasteiger partial charge in [0.2, 0.25) is 0 Å². The summed E-state index contributed by atoms with van der Waals surface area (Å²) >= 11 is 0. The van der Waals surface area contributed by atoms with Gasteiger partial charge in [-0.25, -0.2) is 0 Å².